The van der Waals surface area contributed by atoms with Crippen molar-refractivity contribution in [1.82, 2.24) is 0 Å². The summed E-state index contributed by atoms with van der Waals surface area (Å²) in [5, 5.41) is 0. The fourth-order valence-corrected chi connectivity index (χ4v) is 1.20. The zero-order valence-corrected chi connectivity index (χ0v) is 6.52. The first-order valence-electron chi connectivity index (χ1n) is 3.56. The molecule has 0 heterocycles. The molecule has 0 aromatic heterocycles. The van der Waals surface area contributed by atoms with Crippen LogP contribution >= 0.6 is 0 Å². The minimum absolute atomic E-state index is 0.927. The van der Waals surface area contributed by atoms with E-state index in [0.717, 1.165) is 11.9 Å². The van der Waals surface area contributed by atoms with Gasteiger partial charge in [0.1, 0.15) is 7.85 Å². The van der Waals surface area contributed by atoms with Crippen LogP contribution in [-0.4, -0.2) is 7.85 Å². The molecule has 0 fully saturated rings. The molecule has 0 bridgehead atoms. The van der Waals surface area contributed by atoms with Gasteiger partial charge in [-0.05, 0) is 31.4 Å². The number of hydrogen-bond acceptors (Lipinski definition) is 0. The first-order chi connectivity index (χ1) is 4.77. The second-order valence-electron chi connectivity index (χ2n) is 2.45. The predicted molar refractivity (Wildman–Crippen MR) is 46.0 cm³/mol. The highest BCUT2D eigenvalue weighted by Crippen LogP contribution is 2.26. The summed E-state index contributed by atoms with van der Waals surface area (Å²) in [7, 11) is 5.65. The summed E-state index contributed by atoms with van der Waals surface area (Å²) in [4.78, 5) is 0. The highest BCUT2D eigenvalue weighted by molar-refractivity contribution is 6.22. The van der Waals surface area contributed by atoms with Gasteiger partial charge in [0.15, 0.2) is 0 Å². The Morgan fingerprint density at radius 1 is 1.40 bits per heavy atom. The highest BCUT2D eigenvalue weighted by atomic mass is 14.1. The van der Waals surface area contributed by atoms with Crippen LogP contribution in [0.2, 0.25) is 0 Å². The SMILES string of the molecule is [B]C1=CC(=C/C)/C(=C\C)C1. The van der Waals surface area contributed by atoms with Crippen molar-refractivity contribution in [1.29, 1.82) is 0 Å². The second-order valence-corrected chi connectivity index (χ2v) is 2.45. The number of hydrogen-bond donors (Lipinski definition) is 0. The lowest BCUT2D eigenvalue weighted by molar-refractivity contribution is 1.27. The van der Waals surface area contributed by atoms with Crippen molar-refractivity contribution in [3.8, 4) is 0 Å². The van der Waals surface area contributed by atoms with Crippen LogP contribution in [0, 0.1) is 0 Å². The van der Waals surface area contributed by atoms with Crippen molar-refractivity contribution < 1.29 is 0 Å². The van der Waals surface area contributed by atoms with Crippen LogP contribution < -0.4 is 0 Å². The molecule has 0 N–H and O–H groups in total. The lowest BCUT2D eigenvalue weighted by Gasteiger charge is -1.95. The molecule has 0 saturated heterocycles. The van der Waals surface area contributed by atoms with Crippen LogP contribution in [0.3, 0.4) is 0 Å². The lowest BCUT2D eigenvalue weighted by atomic mass is 9.95. The second kappa shape index (κ2) is 2.91. The number of rotatable bonds is 0. The lowest BCUT2D eigenvalue weighted by Crippen LogP contribution is -1.77. The van der Waals surface area contributed by atoms with Gasteiger partial charge in [-0.1, -0.05) is 18.2 Å². The van der Waals surface area contributed by atoms with E-state index in [1.807, 2.05) is 19.9 Å². The van der Waals surface area contributed by atoms with Crippen molar-refractivity contribution in [3.05, 3.63) is 34.8 Å². The monoisotopic (exact) mass is 130 g/mol. The smallest absolute Gasteiger partial charge is 0.108 e. The first kappa shape index (κ1) is 7.39. The standard InChI is InChI=1S/C9H11B/c1-3-7-5-9(10)6-8(7)4-2/h3-5H,6H2,1-2H3/b7-3-,8-4-. The first-order valence-corrected chi connectivity index (χ1v) is 3.56. The van der Waals surface area contributed by atoms with Crippen molar-refractivity contribution in [2.45, 2.75) is 20.3 Å². The fourth-order valence-electron chi connectivity index (χ4n) is 1.20. The molecule has 1 heteroatoms. The zero-order chi connectivity index (χ0) is 7.56. The Labute approximate surface area is 63.7 Å². The van der Waals surface area contributed by atoms with Crippen molar-refractivity contribution in [2.24, 2.45) is 0 Å². The molecule has 0 spiro atoms. The summed E-state index contributed by atoms with van der Waals surface area (Å²) < 4.78 is 0. The quantitative estimate of drug-likeness (QED) is 0.441. The Hall–Kier alpha value is -0.715. The predicted octanol–water partition coefficient (Wildman–Crippen LogP) is 2.34. The minimum Gasteiger partial charge on any atom is -0.113 e. The van der Waals surface area contributed by atoms with Gasteiger partial charge < -0.3 is 0 Å². The third-order valence-electron chi connectivity index (χ3n) is 1.77. The Kier molecular flexibility index (Phi) is 2.15. The van der Waals surface area contributed by atoms with E-state index >= 15 is 0 Å². The fraction of sp³-hybridized carbons (Fsp3) is 0.333. The Morgan fingerprint density at radius 2 is 2.10 bits per heavy atom. The average molecular weight is 130 g/mol. The maximum Gasteiger partial charge on any atom is 0.108 e. The van der Waals surface area contributed by atoms with Crippen molar-refractivity contribution in [2.75, 3.05) is 0 Å². The average Bonchev–Trinajstić information content (AvgIpc) is 2.30. The molecule has 10 heavy (non-hydrogen) atoms. The molecule has 1 aliphatic rings. The van der Waals surface area contributed by atoms with E-state index in [0.29, 0.717) is 0 Å². The van der Waals surface area contributed by atoms with E-state index in [9.17, 15) is 0 Å². The van der Waals surface area contributed by atoms with E-state index in [1.165, 1.54) is 11.1 Å². The van der Waals surface area contributed by atoms with E-state index in [1.54, 1.807) is 0 Å². The molecule has 50 valence electrons. The summed E-state index contributed by atoms with van der Waals surface area (Å²) in [6.07, 6.45) is 7.17. The summed E-state index contributed by atoms with van der Waals surface area (Å²) in [5.41, 5.74) is 3.60. The topological polar surface area (TPSA) is 0 Å². The van der Waals surface area contributed by atoms with Crippen molar-refractivity contribution in [3.63, 3.8) is 0 Å². The third kappa shape index (κ3) is 1.23. The maximum atomic E-state index is 5.65. The van der Waals surface area contributed by atoms with Gasteiger partial charge in [-0.3, -0.25) is 0 Å². The van der Waals surface area contributed by atoms with E-state index in [-0.39, 0.29) is 0 Å². The van der Waals surface area contributed by atoms with E-state index in [2.05, 4.69) is 12.2 Å². The molecule has 0 aromatic carbocycles. The Morgan fingerprint density at radius 3 is 2.50 bits per heavy atom. The van der Waals surface area contributed by atoms with Crippen LogP contribution in [0.1, 0.15) is 20.3 Å². The molecule has 1 aliphatic carbocycles. The zero-order valence-electron chi connectivity index (χ0n) is 6.52. The van der Waals surface area contributed by atoms with Gasteiger partial charge >= 0.3 is 0 Å². The number of allylic oxidation sites excluding steroid dienone is 6. The van der Waals surface area contributed by atoms with E-state index in [4.69, 9.17) is 7.85 Å². The van der Waals surface area contributed by atoms with Gasteiger partial charge in [-0.2, -0.15) is 0 Å². The van der Waals surface area contributed by atoms with Gasteiger partial charge in [0.05, 0.1) is 0 Å². The van der Waals surface area contributed by atoms with Gasteiger partial charge in [0.25, 0.3) is 0 Å². The van der Waals surface area contributed by atoms with Crippen molar-refractivity contribution >= 4 is 7.85 Å². The van der Waals surface area contributed by atoms with Crippen LogP contribution in [0.15, 0.2) is 34.8 Å². The van der Waals surface area contributed by atoms with Crippen LogP contribution in [0.25, 0.3) is 0 Å². The van der Waals surface area contributed by atoms with E-state index < -0.39 is 0 Å². The Bertz CT molecular complexity index is 219. The van der Waals surface area contributed by atoms with Gasteiger partial charge in [0, 0.05) is 0 Å². The summed E-state index contributed by atoms with van der Waals surface area (Å²) in [5.74, 6) is 0. The third-order valence-corrected chi connectivity index (χ3v) is 1.77. The van der Waals surface area contributed by atoms with Gasteiger partial charge in [-0.15, -0.1) is 5.47 Å². The largest absolute Gasteiger partial charge is 0.113 e. The van der Waals surface area contributed by atoms with Crippen LogP contribution in [0.4, 0.5) is 0 Å². The molecule has 0 nitrogen and oxygen atoms in total. The van der Waals surface area contributed by atoms with Crippen LogP contribution in [-0.2, 0) is 0 Å². The molecule has 1 rings (SSSR count). The summed E-state index contributed by atoms with van der Waals surface area (Å²) >= 11 is 0. The molecule has 2 radical (unpaired) electrons. The molecule has 0 amide bonds. The van der Waals surface area contributed by atoms with Gasteiger partial charge in [0.2, 0.25) is 0 Å². The normalized spacial score (nSPS) is 26.0. The summed E-state index contributed by atoms with van der Waals surface area (Å²) in [6.45, 7) is 4.08. The highest BCUT2D eigenvalue weighted by Gasteiger charge is 2.08. The molecular formula is C9H11B. The van der Waals surface area contributed by atoms with Gasteiger partial charge in [-0.25, -0.2) is 0 Å². The molecule has 0 unspecified atom stereocenters. The minimum atomic E-state index is 0.927. The summed E-state index contributed by atoms with van der Waals surface area (Å²) in [6, 6.07) is 0. The molecule has 0 saturated carbocycles. The maximum absolute atomic E-state index is 5.65. The van der Waals surface area contributed by atoms with Crippen LogP contribution in [0.5, 0.6) is 0 Å². The molecular weight excluding hydrogens is 119 g/mol. The molecule has 0 aliphatic heterocycles. The Balaban J connectivity index is 2.92. The molecule has 0 aromatic rings. The molecule has 0 atom stereocenters.